The summed E-state index contributed by atoms with van der Waals surface area (Å²) in [6.45, 7) is 0. The molecule has 0 aromatic rings. The largest absolute Gasteiger partial charge is 0.328 e. The van der Waals surface area contributed by atoms with Crippen LogP contribution in [0.4, 0.5) is 0 Å². The van der Waals surface area contributed by atoms with Crippen LogP contribution in [0.5, 0.6) is 0 Å². The maximum atomic E-state index is 5.78. The zero-order valence-electron chi connectivity index (χ0n) is 6.34. The van der Waals surface area contributed by atoms with E-state index in [4.69, 9.17) is 11.6 Å². The average Bonchev–Trinajstić information content (AvgIpc) is 2.14. The lowest BCUT2D eigenvalue weighted by molar-refractivity contribution is 0.469. The molecule has 0 heterocycles. The van der Waals surface area contributed by atoms with E-state index in [1.165, 1.54) is 12.8 Å². The molecule has 0 aromatic heterocycles. The van der Waals surface area contributed by atoms with Gasteiger partial charge in [0.2, 0.25) is 0 Å². The molecule has 0 amide bonds. The minimum Gasteiger partial charge on any atom is -0.328 e. The highest BCUT2D eigenvalue weighted by Crippen LogP contribution is 2.15. The summed E-state index contributed by atoms with van der Waals surface area (Å²) in [7, 11) is 0. The number of nitrogens with two attached hydrogens (primary N) is 2. The van der Waals surface area contributed by atoms with Crippen LogP contribution in [0.25, 0.3) is 0 Å². The second-order valence-corrected chi connectivity index (χ2v) is 3.13. The smallest absolute Gasteiger partial charge is 0.0211 e. The van der Waals surface area contributed by atoms with Crippen molar-refractivity contribution in [2.75, 3.05) is 0 Å². The molecular formula is C7H17N3. The SMILES string of the molecule is NNC1CCCC(N)CC1. The summed E-state index contributed by atoms with van der Waals surface area (Å²) in [5.41, 5.74) is 8.59. The van der Waals surface area contributed by atoms with E-state index in [1.807, 2.05) is 0 Å². The van der Waals surface area contributed by atoms with E-state index >= 15 is 0 Å². The van der Waals surface area contributed by atoms with Crippen molar-refractivity contribution in [1.82, 2.24) is 5.43 Å². The van der Waals surface area contributed by atoms with E-state index in [2.05, 4.69) is 5.43 Å². The van der Waals surface area contributed by atoms with Gasteiger partial charge in [-0.05, 0) is 25.7 Å². The summed E-state index contributed by atoms with van der Waals surface area (Å²) in [5, 5.41) is 0. The van der Waals surface area contributed by atoms with E-state index in [9.17, 15) is 0 Å². The monoisotopic (exact) mass is 143 g/mol. The van der Waals surface area contributed by atoms with Crippen LogP contribution in [-0.2, 0) is 0 Å². The molecule has 1 aliphatic rings. The third kappa shape index (κ3) is 2.25. The number of nitrogens with one attached hydrogen (secondary N) is 1. The molecule has 1 saturated carbocycles. The van der Waals surface area contributed by atoms with Gasteiger partial charge in [-0.25, -0.2) is 0 Å². The van der Waals surface area contributed by atoms with Crippen LogP contribution in [-0.4, -0.2) is 12.1 Å². The van der Waals surface area contributed by atoms with Crippen molar-refractivity contribution in [2.24, 2.45) is 11.6 Å². The third-order valence-electron chi connectivity index (χ3n) is 2.25. The first-order chi connectivity index (χ1) is 4.83. The zero-order chi connectivity index (χ0) is 7.40. The molecule has 0 aromatic carbocycles. The Morgan fingerprint density at radius 1 is 1.10 bits per heavy atom. The third-order valence-corrected chi connectivity index (χ3v) is 2.25. The first-order valence-corrected chi connectivity index (χ1v) is 4.04. The summed E-state index contributed by atoms with van der Waals surface area (Å²) in [4.78, 5) is 0. The van der Waals surface area contributed by atoms with Gasteiger partial charge in [0.25, 0.3) is 0 Å². The lowest BCUT2D eigenvalue weighted by Crippen LogP contribution is -2.34. The molecular weight excluding hydrogens is 126 g/mol. The van der Waals surface area contributed by atoms with Gasteiger partial charge in [0, 0.05) is 12.1 Å². The Hall–Kier alpha value is -0.120. The van der Waals surface area contributed by atoms with Crippen LogP contribution in [0.3, 0.4) is 0 Å². The van der Waals surface area contributed by atoms with Crippen molar-refractivity contribution in [3.8, 4) is 0 Å². The number of hydrazine groups is 1. The van der Waals surface area contributed by atoms with Crippen LogP contribution in [0.15, 0.2) is 0 Å². The summed E-state index contributed by atoms with van der Waals surface area (Å²) >= 11 is 0. The maximum Gasteiger partial charge on any atom is 0.0211 e. The van der Waals surface area contributed by atoms with Crippen molar-refractivity contribution in [3.63, 3.8) is 0 Å². The van der Waals surface area contributed by atoms with E-state index in [1.54, 1.807) is 0 Å². The number of hydrogen-bond acceptors (Lipinski definition) is 3. The van der Waals surface area contributed by atoms with Gasteiger partial charge in [-0.15, -0.1) is 0 Å². The minimum atomic E-state index is 0.415. The van der Waals surface area contributed by atoms with Crippen molar-refractivity contribution >= 4 is 0 Å². The minimum absolute atomic E-state index is 0.415. The number of hydrogen-bond donors (Lipinski definition) is 3. The van der Waals surface area contributed by atoms with Gasteiger partial charge in [0.05, 0.1) is 0 Å². The highest BCUT2D eigenvalue weighted by Gasteiger charge is 2.14. The fourth-order valence-corrected chi connectivity index (χ4v) is 1.50. The van der Waals surface area contributed by atoms with E-state index in [-0.39, 0.29) is 0 Å². The predicted molar refractivity (Wildman–Crippen MR) is 42.2 cm³/mol. The van der Waals surface area contributed by atoms with Crippen LogP contribution >= 0.6 is 0 Å². The first-order valence-electron chi connectivity index (χ1n) is 4.04. The average molecular weight is 143 g/mol. The topological polar surface area (TPSA) is 64.1 Å². The van der Waals surface area contributed by atoms with Gasteiger partial charge in [-0.1, -0.05) is 6.42 Å². The molecule has 1 fully saturated rings. The Kier molecular flexibility index (Phi) is 3.12. The second kappa shape index (κ2) is 3.91. The Morgan fingerprint density at radius 2 is 1.90 bits per heavy atom. The molecule has 0 radical (unpaired) electrons. The predicted octanol–water partition coefficient (Wildman–Crippen LogP) is 0.110. The summed E-state index contributed by atoms with van der Waals surface area (Å²) in [5.74, 6) is 5.33. The highest BCUT2D eigenvalue weighted by atomic mass is 15.2. The molecule has 5 N–H and O–H groups in total. The summed E-state index contributed by atoms with van der Waals surface area (Å²) in [6, 6.07) is 0.923. The Balaban J connectivity index is 2.26. The molecule has 10 heavy (non-hydrogen) atoms. The fraction of sp³-hybridized carbons (Fsp3) is 1.00. The summed E-state index contributed by atoms with van der Waals surface area (Å²) in [6.07, 6.45) is 5.82. The molecule has 2 atom stereocenters. The van der Waals surface area contributed by atoms with Crippen molar-refractivity contribution in [1.29, 1.82) is 0 Å². The molecule has 3 heteroatoms. The van der Waals surface area contributed by atoms with Crippen LogP contribution in [0, 0.1) is 0 Å². The Morgan fingerprint density at radius 3 is 2.60 bits per heavy atom. The van der Waals surface area contributed by atoms with E-state index < -0.39 is 0 Å². The van der Waals surface area contributed by atoms with Crippen molar-refractivity contribution in [2.45, 2.75) is 44.2 Å². The van der Waals surface area contributed by atoms with E-state index in [0.717, 1.165) is 19.3 Å². The lowest BCUT2D eigenvalue weighted by Gasteiger charge is -2.11. The van der Waals surface area contributed by atoms with Crippen molar-refractivity contribution in [3.05, 3.63) is 0 Å². The highest BCUT2D eigenvalue weighted by molar-refractivity contribution is 4.74. The van der Waals surface area contributed by atoms with Crippen LogP contribution in [0.2, 0.25) is 0 Å². The van der Waals surface area contributed by atoms with Gasteiger partial charge in [0.1, 0.15) is 0 Å². The fourth-order valence-electron chi connectivity index (χ4n) is 1.50. The molecule has 1 aliphatic carbocycles. The standard InChI is InChI=1S/C7H17N3/c8-6-2-1-3-7(10-9)5-4-6/h6-7,10H,1-5,8-9H2. The Bertz CT molecular complexity index is 94.9. The molecule has 0 spiro atoms. The Labute approximate surface area is 62.1 Å². The van der Waals surface area contributed by atoms with Gasteiger partial charge < -0.3 is 5.73 Å². The van der Waals surface area contributed by atoms with Crippen LogP contribution in [0.1, 0.15) is 32.1 Å². The van der Waals surface area contributed by atoms with Gasteiger partial charge in [-0.2, -0.15) is 0 Å². The van der Waals surface area contributed by atoms with E-state index in [0.29, 0.717) is 12.1 Å². The van der Waals surface area contributed by atoms with Gasteiger partial charge in [-0.3, -0.25) is 11.3 Å². The number of rotatable bonds is 1. The van der Waals surface area contributed by atoms with Gasteiger partial charge in [0.15, 0.2) is 0 Å². The first kappa shape index (κ1) is 7.98. The zero-order valence-corrected chi connectivity index (χ0v) is 6.34. The summed E-state index contributed by atoms with van der Waals surface area (Å²) < 4.78 is 0. The van der Waals surface area contributed by atoms with Crippen molar-refractivity contribution < 1.29 is 0 Å². The molecule has 60 valence electrons. The normalized spacial score (nSPS) is 35.4. The molecule has 1 rings (SSSR count). The lowest BCUT2D eigenvalue weighted by atomic mass is 10.1. The quantitative estimate of drug-likeness (QED) is 0.277. The molecule has 0 aliphatic heterocycles. The molecule has 0 bridgehead atoms. The van der Waals surface area contributed by atoms with Crippen LogP contribution < -0.4 is 17.0 Å². The molecule has 0 saturated heterocycles. The molecule has 2 unspecified atom stereocenters. The maximum absolute atomic E-state index is 5.78. The molecule has 3 nitrogen and oxygen atoms in total. The second-order valence-electron chi connectivity index (χ2n) is 3.13. The van der Waals surface area contributed by atoms with Gasteiger partial charge >= 0.3 is 0 Å².